The van der Waals surface area contributed by atoms with Gasteiger partial charge >= 0.3 is 0 Å². The molecule has 0 fully saturated rings. The van der Waals surface area contributed by atoms with Crippen LogP contribution in [0.25, 0.3) is 11.3 Å². The molecule has 1 unspecified atom stereocenters. The van der Waals surface area contributed by atoms with Gasteiger partial charge in [-0.1, -0.05) is 59.6 Å². The molecule has 1 heterocycles. The third-order valence-corrected chi connectivity index (χ3v) is 4.29. The summed E-state index contributed by atoms with van der Waals surface area (Å²) >= 11 is 12.0. The highest BCUT2D eigenvalue weighted by molar-refractivity contribution is 6.42. The van der Waals surface area contributed by atoms with Crippen LogP contribution in [0.15, 0.2) is 59.1 Å². The van der Waals surface area contributed by atoms with Crippen LogP contribution >= 0.6 is 23.2 Å². The molecule has 0 aliphatic heterocycles. The lowest BCUT2D eigenvalue weighted by molar-refractivity contribution is -0.909. The summed E-state index contributed by atoms with van der Waals surface area (Å²) in [6.45, 7) is 1.52. The molecular formula is C18H17Cl2N2O+. The number of quaternary nitrogens is 1. The second kappa shape index (κ2) is 7.18. The summed E-state index contributed by atoms with van der Waals surface area (Å²) in [5, 5.41) is 1.16. The lowest BCUT2D eigenvalue weighted by Gasteiger charge is -2.12. The molecule has 0 spiro atoms. The minimum Gasteiger partial charge on any atom is -0.435 e. The van der Waals surface area contributed by atoms with Gasteiger partial charge in [-0.15, -0.1) is 0 Å². The molecule has 5 heteroatoms. The van der Waals surface area contributed by atoms with Crippen molar-refractivity contribution in [1.82, 2.24) is 4.98 Å². The fourth-order valence-corrected chi connectivity index (χ4v) is 2.77. The first kappa shape index (κ1) is 16.1. The summed E-state index contributed by atoms with van der Waals surface area (Å²) in [6.07, 6.45) is 1.77. The van der Waals surface area contributed by atoms with Crippen molar-refractivity contribution in [1.29, 1.82) is 0 Å². The molecule has 1 atom stereocenters. The minimum absolute atomic E-state index is 0.577. The van der Waals surface area contributed by atoms with Gasteiger partial charge in [0.1, 0.15) is 6.54 Å². The third kappa shape index (κ3) is 4.14. The van der Waals surface area contributed by atoms with E-state index in [0.29, 0.717) is 16.6 Å². The Hall–Kier alpha value is -1.81. The highest BCUT2D eigenvalue weighted by Crippen LogP contribution is 2.22. The summed E-state index contributed by atoms with van der Waals surface area (Å²) in [5.41, 5.74) is 2.17. The van der Waals surface area contributed by atoms with E-state index in [1.54, 1.807) is 6.20 Å². The lowest BCUT2D eigenvalue weighted by Crippen LogP contribution is -3.06. The molecule has 3 rings (SSSR count). The van der Waals surface area contributed by atoms with Crippen molar-refractivity contribution in [3.8, 4) is 11.3 Å². The predicted molar refractivity (Wildman–Crippen MR) is 92.7 cm³/mol. The van der Waals surface area contributed by atoms with Crippen molar-refractivity contribution in [3.63, 3.8) is 0 Å². The first-order valence-corrected chi connectivity index (χ1v) is 8.13. The Morgan fingerprint density at radius 3 is 2.52 bits per heavy atom. The molecule has 0 aliphatic rings. The minimum atomic E-state index is 0.577. The number of rotatable bonds is 5. The second-order valence-electron chi connectivity index (χ2n) is 5.54. The number of nitrogens with one attached hydrogen (secondary N) is 1. The van der Waals surface area contributed by atoms with Gasteiger partial charge in [0.15, 0.2) is 12.3 Å². The Balaban J connectivity index is 1.65. The van der Waals surface area contributed by atoms with E-state index in [-0.39, 0.29) is 0 Å². The number of hydrogen-bond donors (Lipinski definition) is 1. The van der Waals surface area contributed by atoms with Gasteiger partial charge < -0.3 is 9.32 Å². The predicted octanol–water partition coefficient (Wildman–Crippen LogP) is 3.86. The standard InChI is InChI=1S/C18H16Cl2N2O/c1-22(11-13-7-8-15(19)16(20)9-13)12-18-21-10-17(23-18)14-5-3-2-4-6-14/h2-10H,11-12H2,1H3/p+1. The molecule has 3 nitrogen and oxygen atoms in total. The maximum atomic E-state index is 6.06. The molecule has 118 valence electrons. The van der Waals surface area contributed by atoms with Crippen LogP contribution in [0.5, 0.6) is 0 Å². The molecule has 2 aromatic carbocycles. The van der Waals surface area contributed by atoms with Crippen LogP contribution in [0.3, 0.4) is 0 Å². The SMILES string of the molecule is C[NH+](Cc1ccc(Cl)c(Cl)c1)Cc1ncc(-c2ccccc2)o1. The fourth-order valence-electron chi connectivity index (χ4n) is 2.45. The van der Waals surface area contributed by atoms with Crippen molar-refractivity contribution >= 4 is 23.2 Å². The Morgan fingerprint density at radius 1 is 1.00 bits per heavy atom. The maximum absolute atomic E-state index is 6.06. The zero-order valence-corrected chi connectivity index (χ0v) is 14.2. The number of hydrogen-bond acceptors (Lipinski definition) is 2. The number of aromatic nitrogens is 1. The van der Waals surface area contributed by atoms with Crippen molar-refractivity contribution in [2.24, 2.45) is 0 Å². The molecule has 0 saturated heterocycles. The monoisotopic (exact) mass is 347 g/mol. The maximum Gasteiger partial charge on any atom is 0.250 e. The normalized spacial score (nSPS) is 12.3. The van der Waals surface area contributed by atoms with E-state index in [1.165, 1.54) is 4.90 Å². The lowest BCUT2D eigenvalue weighted by atomic mass is 10.2. The van der Waals surface area contributed by atoms with Crippen LogP contribution in [-0.2, 0) is 13.1 Å². The van der Waals surface area contributed by atoms with Gasteiger partial charge in [-0.3, -0.25) is 0 Å². The number of nitrogens with zero attached hydrogens (tertiary/aromatic N) is 1. The van der Waals surface area contributed by atoms with Crippen LogP contribution in [0.2, 0.25) is 10.0 Å². The van der Waals surface area contributed by atoms with Gasteiger partial charge in [-0.2, -0.15) is 0 Å². The van der Waals surface area contributed by atoms with Crippen LogP contribution in [-0.4, -0.2) is 12.0 Å². The topological polar surface area (TPSA) is 30.5 Å². The van der Waals surface area contributed by atoms with E-state index in [9.17, 15) is 0 Å². The Morgan fingerprint density at radius 2 is 1.78 bits per heavy atom. The molecule has 3 aromatic rings. The number of benzene rings is 2. The Kier molecular flexibility index (Phi) is 5.01. The van der Waals surface area contributed by atoms with Crippen LogP contribution in [0.1, 0.15) is 11.5 Å². The molecule has 0 bridgehead atoms. The van der Waals surface area contributed by atoms with E-state index in [1.807, 2.05) is 48.5 Å². The van der Waals surface area contributed by atoms with Crippen molar-refractivity contribution in [2.45, 2.75) is 13.1 Å². The molecular weight excluding hydrogens is 331 g/mol. The average Bonchev–Trinajstić information content (AvgIpc) is 3.00. The molecule has 1 aromatic heterocycles. The van der Waals surface area contributed by atoms with Crippen LogP contribution < -0.4 is 4.90 Å². The molecule has 0 amide bonds. The Bertz CT molecular complexity index is 787. The summed E-state index contributed by atoms with van der Waals surface area (Å²) in [4.78, 5) is 5.63. The van der Waals surface area contributed by atoms with E-state index in [4.69, 9.17) is 27.6 Å². The summed E-state index contributed by atoms with van der Waals surface area (Å²) in [7, 11) is 2.09. The largest absolute Gasteiger partial charge is 0.435 e. The first-order chi connectivity index (χ1) is 11.1. The van der Waals surface area contributed by atoms with E-state index >= 15 is 0 Å². The van der Waals surface area contributed by atoms with Crippen molar-refractivity contribution < 1.29 is 9.32 Å². The zero-order valence-electron chi connectivity index (χ0n) is 12.7. The second-order valence-corrected chi connectivity index (χ2v) is 6.36. The number of halogens is 2. The smallest absolute Gasteiger partial charge is 0.250 e. The quantitative estimate of drug-likeness (QED) is 0.759. The average molecular weight is 348 g/mol. The van der Waals surface area contributed by atoms with Crippen molar-refractivity contribution in [2.75, 3.05) is 7.05 Å². The van der Waals surface area contributed by atoms with Gasteiger partial charge in [0.25, 0.3) is 5.89 Å². The zero-order chi connectivity index (χ0) is 16.2. The van der Waals surface area contributed by atoms with Gasteiger partial charge in [-0.25, -0.2) is 4.98 Å². The summed E-state index contributed by atoms with van der Waals surface area (Å²) in [5.74, 6) is 1.52. The van der Waals surface area contributed by atoms with E-state index in [2.05, 4.69) is 12.0 Å². The first-order valence-electron chi connectivity index (χ1n) is 7.37. The Labute approximate surface area is 145 Å². The summed E-state index contributed by atoms with van der Waals surface area (Å²) < 4.78 is 5.84. The van der Waals surface area contributed by atoms with E-state index in [0.717, 1.165) is 29.3 Å². The van der Waals surface area contributed by atoms with Crippen molar-refractivity contribution in [3.05, 3.63) is 76.2 Å². The fraction of sp³-hybridized carbons (Fsp3) is 0.167. The molecule has 23 heavy (non-hydrogen) atoms. The molecule has 0 aliphatic carbocycles. The van der Waals surface area contributed by atoms with Crippen LogP contribution in [0.4, 0.5) is 0 Å². The van der Waals surface area contributed by atoms with Gasteiger partial charge in [0.05, 0.1) is 23.3 Å². The van der Waals surface area contributed by atoms with Gasteiger partial charge in [0.2, 0.25) is 0 Å². The third-order valence-electron chi connectivity index (χ3n) is 3.55. The summed E-state index contributed by atoms with van der Waals surface area (Å²) in [6, 6.07) is 15.7. The molecule has 0 radical (unpaired) electrons. The van der Waals surface area contributed by atoms with Crippen LogP contribution in [0, 0.1) is 0 Å². The van der Waals surface area contributed by atoms with Gasteiger partial charge in [-0.05, 0) is 12.1 Å². The number of oxazole rings is 1. The molecule has 1 N–H and O–H groups in total. The molecule has 0 saturated carbocycles. The van der Waals surface area contributed by atoms with Gasteiger partial charge in [0, 0.05) is 11.1 Å². The highest BCUT2D eigenvalue weighted by atomic mass is 35.5. The highest BCUT2D eigenvalue weighted by Gasteiger charge is 2.12. The van der Waals surface area contributed by atoms with E-state index < -0.39 is 0 Å².